The fourth-order valence-corrected chi connectivity index (χ4v) is 3.70. The SMILES string of the molecule is CN(CCCN1CCC(Cc2ccccc2)CC1)Cc1nncn1C. The zero-order valence-corrected chi connectivity index (χ0v) is 15.6. The molecule has 5 nitrogen and oxygen atoms in total. The molecule has 5 heteroatoms. The van der Waals surface area contributed by atoms with Gasteiger partial charge in [-0.15, -0.1) is 10.2 Å². The summed E-state index contributed by atoms with van der Waals surface area (Å²) in [6.07, 6.45) is 6.91. The van der Waals surface area contributed by atoms with Crippen LogP contribution in [0.2, 0.25) is 0 Å². The molecule has 0 saturated carbocycles. The monoisotopic (exact) mass is 341 g/mol. The first-order chi connectivity index (χ1) is 12.2. The molecule has 25 heavy (non-hydrogen) atoms. The molecule has 0 bridgehead atoms. The zero-order chi connectivity index (χ0) is 17.5. The van der Waals surface area contributed by atoms with Crippen molar-refractivity contribution in [3.63, 3.8) is 0 Å². The van der Waals surface area contributed by atoms with E-state index < -0.39 is 0 Å². The average molecular weight is 342 g/mol. The second kappa shape index (κ2) is 9.11. The zero-order valence-electron chi connectivity index (χ0n) is 15.6. The van der Waals surface area contributed by atoms with Gasteiger partial charge in [0.1, 0.15) is 12.2 Å². The van der Waals surface area contributed by atoms with Crippen LogP contribution in [0.3, 0.4) is 0 Å². The molecule has 1 aromatic carbocycles. The largest absolute Gasteiger partial charge is 0.320 e. The molecule has 0 unspecified atom stereocenters. The minimum absolute atomic E-state index is 0.859. The van der Waals surface area contributed by atoms with Crippen LogP contribution in [0, 0.1) is 5.92 Å². The van der Waals surface area contributed by atoms with Gasteiger partial charge in [-0.3, -0.25) is 4.90 Å². The van der Waals surface area contributed by atoms with Crippen molar-refractivity contribution in [3.05, 3.63) is 48.0 Å². The maximum Gasteiger partial charge on any atom is 0.146 e. The molecule has 1 saturated heterocycles. The van der Waals surface area contributed by atoms with Crippen molar-refractivity contribution in [2.75, 3.05) is 33.2 Å². The molecular weight excluding hydrogens is 310 g/mol. The minimum atomic E-state index is 0.859. The van der Waals surface area contributed by atoms with Gasteiger partial charge in [0.05, 0.1) is 6.54 Å². The molecule has 136 valence electrons. The Morgan fingerprint density at radius 3 is 2.60 bits per heavy atom. The number of aromatic nitrogens is 3. The fourth-order valence-electron chi connectivity index (χ4n) is 3.70. The van der Waals surface area contributed by atoms with Crippen molar-refractivity contribution in [2.24, 2.45) is 13.0 Å². The van der Waals surface area contributed by atoms with E-state index in [1.165, 1.54) is 50.9 Å². The summed E-state index contributed by atoms with van der Waals surface area (Å²) in [6, 6.07) is 10.9. The Morgan fingerprint density at radius 2 is 1.92 bits per heavy atom. The molecule has 2 heterocycles. The lowest BCUT2D eigenvalue weighted by molar-refractivity contribution is 0.173. The molecule has 0 amide bonds. The molecule has 3 rings (SSSR count). The number of rotatable bonds is 8. The normalized spacial score (nSPS) is 16.6. The van der Waals surface area contributed by atoms with Crippen LogP contribution >= 0.6 is 0 Å². The van der Waals surface area contributed by atoms with Gasteiger partial charge in [-0.1, -0.05) is 30.3 Å². The highest BCUT2D eigenvalue weighted by atomic mass is 15.3. The number of hydrogen-bond donors (Lipinski definition) is 0. The van der Waals surface area contributed by atoms with Crippen molar-refractivity contribution < 1.29 is 0 Å². The van der Waals surface area contributed by atoms with Crippen LogP contribution in [0.5, 0.6) is 0 Å². The second-order valence-electron chi connectivity index (χ2n) is 7.42. The van der Waals surface area contributed by atoms with Crippen molar-refractivity contribution in [1.82, 2.24) is 24.6 Å². The van der Waals surface area contributed by atoms with Gasteiger partial charge in [0, 0.05) is 7.05 Å². The summed E-state index contributed by atoms with van der Waals surface area (Å²) in [7, 11) is 4.17. The molecule has 1 fully saturated rings. The van der Waals surface area contributed by atoms with Crippen molar-refractivity contribution in [3.8, 4) is 0 Å². The maximum atomic E-state index is 4.16. The van der Waals surface area contributed by atoms with E-state index in [0.29, 0.717) is 0 Å². The van der Waals surface area contributed by atoms with Crippen LogP contribution < -0.4 is 0 Å². The predicted molar refractivity (Wildman–Crippen MR) is 101 cm³/mol. The Morgan fingerprint density at radius 1 is 1.16 bits per heavy atom. The second-order valence-corrected chi connectivity index (χ2v) is 7.42. The van der Waals surface area contributed by atoms with Crippen LogP contribution in [0.4, 0.5) is 0 Å². The third kappa shape index (κ3) is 5.65. The van der Waals surface area contributed by atoms with Gasteiger partial charge in [-0.05, 0) is 70.4 Å². The highest BCUT2D eigenvalue weighted by molar-refractivity contribution is 5.15. The van der Waals surface area contributed by atoms with Crippen molar-refractivity contribution in [1.29, 1.82) is 0 Å². The standard InChI is InChI=1S/C20H31N5/c1-23(16-20-22-21-17-24(20)2)11-6-12-25-13-9-19(10-14-25)15-18-7-4-3-5-8-18/h3-5,7-8,17,19H,6,9-16H2,1-2H3. The average Bonchev–Trinajstić information content (AvgIpc) is 3.02. The number of aryl methyl sites for hydroxylation is 1. The lowest BCUT2D eigenvalue weighted by atomic mass is 9.90. The van der Waals surface area contributed by atoms with Gasteiger partial charge in [-0.2, -0.15) is 0 Å². The van der Waals surface area contributed by atoms with Gasteiger partial charge in [0.2, 0.25) is 0 Å². The Labute approximate surface area is 151 Å². The lowest BCUT2D eigenvalue weighted by Gasteiger charge is -2.32. The van der Waals surface area contributed by atoms with Crippen LogP contribution in [-0.2, 0) is 20.0 Å². The predicted octanol–water partition coefficient (Wildman–Crippen LogP) is 2.59. The first-order valence-electron chi connectivity index (χ1n) is 9.48. The number of likely N-dealkylation sites (tertiary alicyclic amines) is 1. The first-order valence-corrected chi connectivity index (χ1v) is 9.48. The molecular formula is C20H31N5. The Bertz CT molecular complexity index is 616. The van der Waals surface area contributed by atoms with Crippen LogP contribution in [0.25, 0.3) is 0 Å². The summed E-state index contributed by atoms with van der Waals surface area (Å²) in [5.41, 5.74) is 1.49. The van der Waals surface area contributed by atoms with E-state index in [-0.39, 0.29) is 0 Å². The summed E-state index contributed by atoms with van der Waals surface area (Å²) in [5, 5.41) is 8.10. The highest BCUT2D eigenvalue weighted by Gasteiger charge is 2.19. The Balaban J connectivity index is 1.31. The summed E-state index contributed by atoms with van der Waals surface area (Å²) in [6.45, 7) is 5.70. The minimum Gasteiger partial charge on any atom is -0.320 e. The van der Waals surface area contributed by atoms with E-state index in [0.717, 1.165) is 24.8 Å². The molecule has 1 aliphatic rings. The maximum absolute atomic E-state index is 4.16. The number of benzene rings is 1. The van der Waals surface area contributed by atoms with E-state index in [1.807, 2.05) is 11.6 Å². The molecule has 1 aliphatic heterocycles. The summed E-state index contributed by atoms with van der Waals surface area (Å²) < 4.78 is 1.99. The first kappa shape index (κ1) is 18.1. The van der Waals surface area contributed by atoms with E-state index >= 15 is 0 Å². The van der Waals surface area contributed by atoms with E-state index in [2.05, 4.69) is 57.4 Å². The summed E-state index contributed by atoms with van der Waals surface area (Å²) >= 11 is 0. The van der Waals surface area contributed by atoms with E-state index in [4.69, 9.17) is 0 Å². The molecule has 0 spiro atoms. The van der Waals surface area contributed by atoms with Gasteiger partial charge in [-0.25, -0.2) is 0 Å². The number of nitrogens with zero attached hydrogens (tertiary/aromatic N) is 5. The molecule has 0 atom stereocenters. The third-order valence-electron chi connectivity index (χ3n) is 5.31. The Kier molecular flexibility index (Phi) is 6.59. The van der Waals surface area contributed by atoms with Gasteiger partial charge in [0.15, 0.2) is 0 Å². The van der Waals surface area contributed by atoms with E-state index in [9.17, 15) is 0 Å². The van der Waals surface area contributed by atoms with Crippen LogP contribution in [0.1, 0.15) is 30.7 Å². The van der Waals surface area contributed by atoms with Crippen LogP contribution in [-0.4, -0.2) is 57.8 Å². The quantitative estimate of drug-likeness (QED) is 0.740. The lowest BCUT2D eigenvalue weighted by Crippen LogP contribution is -2.36. The fraction of sp³-hybridized carbons (Fsp3) is 0.600. The number of piperidine rings is 1. The Hall–Kier alpha value is -1.72. The molecule has 0 N–H and O–H groups in total. The van der Waals surface area contributed by atoms with Gasteiger partial charge < -0.3 is 9.47 Å². The molecule has 1 aromatic heterocycles. The smallest absolute Gasteiger partial charge is 0.146 e. The van der Waals surface area contributed by atoms with Crippen LogP contribution in [0.15, 0.2) is 36.7 Å². The van der Waals surface area contributed by atoms with Gasteiger partial charge >= 0.3 is 0 Å². The van der Waals surface area contributed by atoms with E-state index in [1.54, 1.807) is 6.33 Å². The third-order valence-corrected chi connectivity index (χ3v) is 5.31. The molecule has 0 aliphatic carbocycles. The summed E-state index contributed by atoms with van der Waals surface area (Å²) in [5.74, 6) is 1.89. The van der Waals surface area contributed by atoms with Crippen molar-refractivity contribution >= 4 is 0 Å². The highest BCUT2D eigenvalue weighted by Crippen LogP contribution is 2.21. The molecule has 2 aromatic rings. The van der Waals surface area contributed by atoms with Crippen molar-refractivity contribution in [2.45, 2.75) is 32.2 Å². The number of hydrogen-bond acceptors (Lipinski definition) is 4. The van der Waals surface area contributed by atoms with Gasteiger partial charge in [0.25, 0.3) is 0 Å². The molecule has 0 radical (unpaired) electrons. The topological polar surface area (TPSA) is 37.2 Å². The summed E-state index contributed by atoms with van der Waals surface area (Å²) in [4.78, 5) is 4.98.